The molecule has 1 heterocycles. The summed E-state index contributed by atoms with van der Waals surface area (Å²) >= 11 is 12.1. The molecule has 2 aromatic rings. The van der Waals surface area contributed by atoms with Gasteiger partial charge in [-0.1, -0.05) is 49.2 Å². The van der Waals surface area contributed by atoms with Gasteiger partial charge in [0.1, 0.15) is 10.8 Å². The van der Waals surface area contributed by atoms with Crippen molar-refractivity contribution in [2.24, 2.45) is 5.84 Å². The molecule has 0 fully saturated rings. The molecule has 1 aromatic carbocycles. The molecule has 3 N–H and O–H groups in total. The summed E-state index contributed by atoms with van der Waals surface area (Å²) in [6.07, 6.45) is 0. The van der Waals surface area contributed by atoms with E-state index in [1.165, 1.54) is 5.56 Å². The maximum Gasteiger partial charge on any atom is 0.240 e. The van der Waals surface area contributed by atoms with Crippen LogP contribution in [-0.4, -0.2) is 4.98 Å². The van der Waals surface area contributed by atoms with Gasteiger partial charge in [-0.2, -0.15) is 4.98 Å². The Morgan fingerprint density at radius 2 is 1.90 bits per heavy atom. The van der Waals surface area contributed by atoms with Crippen LogP contribution >= 0.6 is 23.2 Å². The smallest absolute Gasteiger partial charge is 0.240 e. The standard InChI is InChI=1S/C15H17Cl2N3O/c1-8(2)10-5-4-9(3)13(6-10)21-15-12(17)7-11(16)14(19-15)20-18/h4-8H,18H2,1-3H3,(H,19,20). The number of ether oxygens (including phenoxy) is 1. The Kier molecular flexibility index (Phi) is 4.93. The Balaban J connectivity index is 2.40. The molecule has 0 bridgehead atoms. The lowest BCUT2D eigenvalue weighted by Gasteiger charge is -2.14. The lowest BCUT2D eigenvalue weighted by Crippen LogP contribution is -2.09. The maximum atomic E-state index is 6.12. The number of pyridine rings is 1. The number of halogens is 2. The highest BCUT2D eigenvalue weighted by Crippen LogP contribution is 2.35. The Morgan fingerprint density at radius 3 is 2.52 bits per heavy atom. The second-order valence-corrected chi connectivity index (χ2v) is 5.85. The van der Waals surface area contributed by atoms with E-state index in [1.807, 2.05) is 19.1 Å². The average Bonchev–Trinajstić information content (AvgIpc) is 2.43. The first-order valence-corrected chi connectivity index (χ1v) is 7.29. The zero-order chi connectivity index (χ0) is 15.6. The predicted molar refractivity (Wildman–Crippen MR) is 87.4 cm³/mol. The largest absolute Gasteiger partial charge is 0.437 e. The molecule has 0 atom stereocenters. The lowest BCUT2D eigenvalue weighted by atomic mass is 10.0. The van der Waals surface area contributed by atoms with E-state index >= 15 is 0 Å². The number of aromatic nitrogens is 1. The van der Waals surface area contributed by atoms with Gasteiger partial charge in [0.15, 0.2) is 5.82 Å². The summed E-state index contributed by atoms with van der Waals surface area (Å²) in [4.78, 5) is 4.18. The molecule has 0 radical (unpaired) electrons. The van der Waals surface area contributed by atoms with Gasteiger partial charge in [-0.05, 0) is 36.1 Å². The third-order valence-electron chi connectivity index (χ3n) is 3.12. The summed E-state index contributed by atoms with van der Waals surface area (Å²) in [6.45, 7) is 6.21. The van der Waals surface area contributed by atoms with E-state index in [0.717, 1.165) is 5.56 Å². The lowest BCUT2D eigenvalue weighted by molar-refractivity contribution is 0.459. The molecule has 0 amide bonds. The summed E-state index contributed by atoms with van der Waals surface area (Å²) < 4.78 is 5.83. The predicted octanol–water partition coefficient (Wildman–Crippen LogP) is 4.90. The molecule has 0 aliphatic carbocycles. The summed E-state index contributed by atoms with van der Waals surface area (Å²) in [6, 6.07) is 7.62. The van der Waals surface area contributed by atoms with Crippen LogP contribution in [0.5, 0.6) is 11.6 Å². The molecule has 2 rings (SSSR count). The number of benzene rings is 1. The van der Waals surface area contributed by atoms with Crippen LogP contribution in [0.2, 0.25) is 10.0 Å². The Morgan fingerprint density at radius 1 is 1.19 bits per heavy atom. The van der Waals surface area contributed by atoms with Crippen LogP contribution in [0.3, 0.4) is 0 Å². The van der Waals surface area contributed by atoms with Gasteiger partial charge in [-0.25, -0.2) is 5.84 Å². The highest BCUT2D eigenvalue weighted by molar-refractivity contribution is 6.36. The Hall–Kier alpha value is -1.49. The van der Waals surface area contributed by atoms with Gasteiger partial charge in [0.25, 0.3) is 0 Å². The molecule has 4 nitrogen and oxygen atoms in total. The van der Waals surface area contributed by atoms with E-state index in [4.69, 9.17) is 33.8 Å². The van der Waals surface area contributed by atoms with Gasteiger partial charge in [-0.15, -0.1) is 0 Å². The molecule has 0 aliphatic heterocycles. The van der Waals surface area contributed by atoms with Crippen molar-refractivity contribution < 1.29 is 4.74 Å². The van der Waals surface area contributed by atoms with E-state index in [9.17, 15) is 0 Å². The molecule has 0 saturated carbocycles. The van der Waals surface area contributed by atoms with Crippen molar-refractivity contribution in [3.63, 3.8) is 0 Å². The number of hydrogen-bond acceptors (Lipinski definition) is 4. The van der Waals surface area contributed by atoms with Gasteiger partial charge in [0.05, 0.1) is 5.02 Å². The number of rotatable bonds is 4. The third-order valence-corrected chi connectivity index (χ3v) is 3.68. The summed E-state index contributed by atoms with van der Waals surface area (Å²) in [5.74, 6) is 7.05. The first-order valence-electron chi connectivity index (χ1n) is 6.53. The quantitative estimate of drug-likeness (QED) is 0.620. The van der Waals surface area contributed by atoms with Crippen LogP contribution in [0, 0.1) is 6.92 Å². The molecular formula is C15H17Cl2N3O. The van der Waals surface area contributed by atoms with E-state index in [2.05, 4.69) is 30.3 Å². The van der Waals surface area contributed by atoms with E-state index < -0.39 is 0 Å². The maximum absolute atomic E-state index is 6.12. The minimum Gasteiger partial charge on any atom is -0.437 e. The second-order valence-electron chi connectivity index (χ2n) is 5.03. The Bertz CT molecular complexity index is 660. The van der Waals surface area contributed by atoms with E-state index in [0.29, 0.717) is 27.5 Å². The van der Waals surface area contributed by atoms with Crippen LogP contribution in [0.4, 0.5) is 5.82 Å². The SMILES string of the molecule is Cc1ccc(C(C)C)cc1Oc1nc(NN)c(Cl)cc1Cl. The monoisotopic (exact) mass is 325 g/mol. The summed E-state index contributed by atoms with van der Waals surface area (Å²) in [5, 5.41) is 0.663. The highest BCUT2D eigenvalue weighted by Gasteiger charge is 2.13. The molecule has 0 saturated heterocycles. The Labute approximate surface area is 134 Å². The van der Waals surface area contributed by atoms with Crippen molar-refractivity contribution in [1.82, 2.24) is 4.98 Å². The van der Waals surface area contributed by atoms with Crippen LogP contribution in [0.1, 0.15) is 30.9 Å². The minimum absolute atomic E-state index is 0.262. The van der Waals surface area contributed by atoms with Gasteiger partial charge >= 0.3 is 0 Å². The van der Waals surface area contributed by atoms with E-state index in [1.54, 1.807) is 6.07 Å². The van der Waals surface area contributed by atoms with Crippen molar-refractivity contribution >= 4 is 29.0 Å². The molecule has 0 spiro atoms. The number of nitrogens with two attached hydrogens (primary N) is 1. The summed E-state index contributed by atoms with van der Waals surface area (Å²) in [7, 11) is 0. The van der Waals surface area contributed by atoms with Gasteiger partial charge in [-0.3, -0.25) is 0 Å². The van der Waals surface area contributed by atoms with Crippen LogP contribution in [0.25, 0.3) is 0 Å². The van der Waals surface area contributed by atoms with E-state index in [-0.39, 0.29) is 5.88 Å². The molecule has 0 aliphatic rings. The third kappa shape index (κ3) is 3.59. The normalized spacial score (nSPS) is 10.8. The van der Waals surface area contributed by atoms with Crippen molar-refractivity contribution in [3.05, 3.63) is 45.4 Å². The second kappa shape index (κ2) is 6.52. The first kappa shape index (κ1) is 15.9. The van der Waals surface area contributed by atoms with Gasteiger partial charge in [0.2, 0.25) is 5.88 Å². The van der Waals surface area contributed by atoms with Gasteiger partial charge in [0, 0.05) is 0 Å². The van der Waals surface area contributed by atoms with Gasteiger partial charge < -0.3 is 10.2 Å². The molecular weight excluding hydrogens is 309 g/mol. The zero-order valence-electron chi connectivity index (χ0n) is 12.1. The fraction of sp³-hybridized carbons (Fsp3) is 0.267. The van der Waals surface area contributed by atoms with Crippen LogP contribution in [0.15, 0.2) is 24.3 Å². The van der Waals surface area contributed by atoms with Crippen molar-refractivity contribution in [1.29, 1.82) is 0 Å². The molecule has 112 valence electrons. The molecule has 1 aromatic heterocycles. The summed E-state index contributed by atoms with van der Waals surface area (Å²) in [5.41, 5.74) is 4.58. The molecule has 0 unspecified atom stereocenters. The molecule has 6 heteroatoms. The topological polar surface area (TPSA) is 60.2 Å². The van der Waals surface area contributed by atoms with Crippen LogP contribution < -0.4 is 16.0 Å². The number of hydrogen-bond donors (Lipinski definition) is 2. The van der Waals surface area contributed by atoms with Crippen molar-refractivity contribution in [3.8, 4) is 11.6 Å². The number of hydrazine groups is 1. The minimum atomic E-state index is 0.262. The number of aryl methyl sites for hydroxylation is 1. The fourth-order valence-electron chi connectivity index (χ4n) is 1.81. The fourth-order valence-corrected chi connectivity index (χ4v) is 2.26. The number of nitrogen functional groups attached to an aromatic ring is 1. The average molecular weight is 326 g/mol. The number of nitrogens with zero attached hydrogens (tertiary/aromatic N) is 1. The first-order chi connectivity index (χ1) is 9.92. The van der Waals surface area contributed by atoms with Crippen molar-refractivity contribution in [2.75, 3.05) is 5.43 Å². The van der Waals surface area contributed by atoms with Crippen LogP contribution in [-0.2, 0) is 0 Å². The number of anilines is 1. The zero-order valence-corrected chi connectivity index (χ0v) is 13.6. The molecule has 21 heavy (non-hydrogen) atoms. The highest BCUT2D eigenvalue weighted by atomic mass is 35.5. The van der Waals surface area contributed by atoms with Crippen molar-refractivity contribution in [2.45, 2.75) is 26.7 Å². The number of nitrogens with one attached hydrogen (secondary N) is 1.